The molecule has 0 aliphatic carbocycles. The molecule has 2 aromatic heterocycles. The van der Waals surface area contributed by atoms with Crippen molar-refractivity contribution >= 4 is 29.0 Å². The number of pyridine rings is 1. The van der Waals surface area contributed by atoms with Crippen LogP contribution in [0.5, 0.6) is 0 Å². The van der Waals surface area contributed by atoms with Crippen molar-refractivity contribution in [3.05, 3.63) is 59.5 Å². The number of carbonyl (C=O) groups is 1. The summed E-state index contributed by atoms with van der Waals surface area (Å²) in [5.41, 5.74) is 2.82. The zero-order valence-electron chi connectivity index (χ0n) is 11.9. The minimum absolute atomic E-state index is 0.191. The van der Waals surface area contributed by atoms with Crippen LogP contribution in [0.1, 0.15) is 28.5 Å². The first kappa shape index (κ1) is 13.7. The van der Waals surface area contributed by atoms with Crippen molar-refractivity contribution in [2.45, 2.75) is 6.92 Å². The largest absolute Gasteiger partial charge is 0.273 e. The second kappa shape index (κ2) is 5.62. The van der Waals surface area contributed by atoms with Crippen LogP contribution in [0.3, 0.4) is 0 Å². The maximum atomic E-state index is 11.7. The molecular weight excluding hydrogens is 276 g/mol. The summed E-state index contributed by atoms with van der Waals surface area (Å²) < 4.78 is 1.32. The van der Waals surface area contributed by atoms with E-state index in [-0.39, 0.29) is 5.91 Å². The highest BCUT2D eigenvalue weighted by Crippen LogP contribution is 2.22. The topological polar surface area (TPSA) is 71.6 Å². The zero-order chi connectivity index (χ0) is 15.5. The van der Waals surface area contributed by atoms with Crippen molar-refractivity contribution < 1.29 is 4.79 Å². The molecule has 0 aliphatic rings. The van der Waals surface area contributed by atoms with Gasteiger partial charge in [0.1, 0.15) is 0 Å². The molecule has 0 aliphatic heterocycles. The summed E-state index contributed by atoms with van der Waals surface area (Å²) in [5.74, 6) is -0.191. The number of aromatic nitrogens is 3. The number of benzene rings is 1. The normalized spacial score (nSPS) is 10.9. The van der Waals surface area contributed by atoms with Crippen molar-refractivity contribution in [2.24, 2.45) is 0 Å². The van der Waals surface area contributed by atoms with Gasteiger partial charge in [0.25, 0.3) is 0 Å². The molecule has 22 heavy (non-hydrogen) atoms. The zero-order valence-corrected chi connectivity index (χ0v) is 11.9. The smallest absolute Gasteiger partial charge is 0.244 e. The monoisotopic (exact) mass is 288 g/mol. The molecule has 0 radical (unpaired) electrons. The van der Waals surface area contributed by atoms with E-state index in [1.807, 2.05) is 30.4 Å². The van der Waals surface area contributed by atoms with Gasteiger partial charge < -0.3 is 0 Å². The van der Waals surface area contributed by atoms with Gasteiger partial charge in [-0.1, -0.05) is 6.08 Å². The summed E-state index contributed by atoms with van der Waals surface area (Å²) in [6.45, 7) is 1.45. The number of hydrogen-bond donors (Lipinski definition) is 0. The lowest BCUT2D eigenvalue weighted by Crippen LogP contribution is -2.07. The second-order valence-electron chi connectivity index (χ2n) is 4.77. The van der Waals surface area contributed by atoms with Gasteiger partial charge in [-0.25, -0.2) is 0 Å². The van der Waals surface area contributed by atoms with Crippen LogP contribution in [0.25, 0.3) is 23.1 Å². The third-order valence-electron chi connectivity index (χ3n) is 3.28. The maximum Gasteiger partial charge on any atom is 0.244 e. The molecule has 1 aromatic carbocycles. The lowest BCUT2D eigenvalue weighted by Gasteiger charge is -1.96. The molecule has 5 nitrogen and oxygen atoms in total. The number of nitriles is 1. The predicted octanol–water partition coefficient (Wildman–Crippen LogP) is 3.13. The number of fused-ring (bicyclic) bond motifs is 1. The van der Waals surface area contributed by atoms with Gasteiger partial charge in [0.05, 0.1) is 22.8 Å². The highest BCUT2D eigenvalue weighted by Gasteiger charge is 2.12. The van der Waals surface area contributed by atoms with E-state index in [0.29, 0.717) is 16.8 Å². The molecule has 3 rings (SSSR count). The van der Waals surface area contributed by atoms with Gasteiger partial charge >= 0.3 is 0 Å². The van der Waals surface area contributed by atoms with Gasteiger partial charge in [-0.05, 0) is 42.0 Å². The molecule has 0 fully saturated rings. The lowest BCUT2D eigenvalue weighted by molar-refractivity contribution is 0.0926. The van der Waals surface area contributed by atoms with Gasteiger partial charge in [0.2, 0.25) is 5.91 Å². The van der Waals surface area contributed by atoms with Crippen LogP contribution in [-0.4, -0.2) is 20.7 Å². The summed E-state index contributed by atoms with van der Waals surface area (Å²) in [7, 11) is 0. The highest BCUT2D eigenvalue weighted by molar-refractivity contribution is 5.96. The van der Waals surface area contributed by atoms with Crippen molar-refractivity contribution in [1.29, 1.82) is 5.26 Å². The minimum atomic E-state index is -0.191. The van der Waals surface area contributed by atoms with E-state index in [0.717, 1.165) is 10.9 Å². The molecule has 106 valence electrons. The van der Waals surface area contributed by atoms with E-state index >= 15 is 0 Å². The second-order valence-corrected chi connectivity index (χ2v) is 4.77. The summed E-state index contributed by atoms with van der Waals surface area (Å²) >= 11 is 0. The summed E-state index contributed by atoms with van der Waals surface area (Å²) in [5, 5.41) is 14.2. The first-order valence-corrected chi connectivity index (χ1v) is 6.71. The molecule has 0 spiro atoms. The molecule has 0 atom stereocenters. The quantitative estimate of drug-likeness (QED) is 0.726. The molecule has 0 saturated carbocycles. The molecule has 2 heterocycles. The van der Waals surface area contributed by atoms with Crippen LogP contribution in [0.15, 0.2) is 42.7 Å². The molecule has 0 amide bonds. The lowest BCUT2D eigenvalue weighted by atomic mass is 10.1. The molecule has 3 aromatic rings. The fourth-order valence-corrected chi connectivity index (χ4v) is 2.22. The van der Waals surface area contributed by atoms with Crippen LogP contribution in [0.4, 0.5) is 0 Å². The van der Waals surface area contributed by atoms with Gasteiger partial charge in [-0.3, -0.25) is 9.78 Å². The SMILES string of the molecule is CC(=O)n1nc(C=Cc2ccncc2)c2ccc(C#N)cc21. The van der Waals surface area contributed by atoms with Gasteiger partial charge in [-0.2, -0.15) is 15.0 Å². The summed E-state index contributed by atoms with van der Waals surface area (Å²) in [4.78, 5) is 15.7. The fraction of sp³-hybridized carbons (Fsp3) is 0.0588. The van der Waals surface area contributed by atoms with Gasteiger partial charge in [0.15, 0.2) is 0 Å². The molecule has 0 N–H and O–H groups in total. The Labute approximate surface area is 127 Å². The average Bonchev–Trinajstić information content (AvgIpc) is 2.92. The van der Waals surface area contributed by atoms with Gasteiger partial charge in [0, 0.05) is 24.7 Å². The third kappa shape index (κ3) is 2.50. The van der Waals surface area contributed by atoms with E-state index in [1.54, 1.807) is 24.5 Å². The predicted molar refractivity (Wildman–Crippen MR) is 83.9 cm³/mol. The number of hydrogen-bond acceptors (Lipinski definition) is 4. The molecule has 0 unspecified atom stereocenters. The van der Waals surface area contributed by atoms with Crippen LogP contribution in [0.2, 0.25) is 0 Å². The number of carbonyl (C=O) groups excluding carboxylic acids is 1. The molecule has 0 bridgehead atoms. The van der Waals surface area contributed by atoms with Crippen molar-refractivity contribution in [3.8, 4) is 6.07 Å². The first-order valence-electron chi connectivity index (χ1n) is 6.71. The van der Waals surface area contributed by atoms with Crippen molar-refractivity contribution in [1.82, 2.24) is 14.8 Å². The van der Waals surface area contributed by atoms with Gasteiger partial charge in [-0.15, -0.1) is 0 Å². The van der Waals surface area contributed by atoms with Crippen LogP contribution < -0.4 is 0 Å². The van der Waals surface area contributed by atoms with E-state index in [9.17, 15) is 4.79 Å². The summed E-state index contributed by atoms with van der Waals surface area (Å²) in [6.07, 6.45) is 7.19. The Kier molecular flexibility index (Phi) is 3.50. The Morgan fingerprint density at radius 2 is 2.00 bits per heavy atom. The van der Waals surface area contributed by atoms with Crippen LogP contribution in [0, 0.1) is 11.3 Å². The Bertz CT molecular complexity index is 917. The summed E-state index contributed by atoms with van der Waals surface area (Å²) in [6, 6.07) is 11.0. The van der Waals surface area contributed by atoms with Crippen LogP contribution in [-0.2, 0) is 0 Å². The van der Waals surface area contributed by atoms with E-state index in [4.69, 9.17) is 5.26 Å². The first-order chi connectivity index (χ1) is 10.7. The minimum Gasteiger partial charge on any atom is -0.273 e. The number of nitrogens with zero attached hydrogens (tertiary/aromatic N) is 4. The van der Waals surface area contributed by atoms with Crippen molar-refractivity contribution in [2.75, 3.05) is 0 Å². The van der Waals surface area contributed by atoms with E-state index in [1.165, 1.54) is 11.6 Å². The van der Waals surface area contributed by atoms with Crippen molar-refractivity contribution in [3.63, 3.8) is 0 Å². The molecule has 0 saturated heterocycles. The Hall–Kier alpha value is -3.26. The third-order valence-corrected chi connectivity index (χ3v) is 3.28. The Morgan fingerprint density at radius 1 is 1.23 bits per heavy atom. The standard InChI is InChI=1S/C17H12N4O/c1-12(22)21-17-10-14(11-18)2-4-15(17)16(20-21)5-3-13-6-8-19-9-7-13/h2-10H,1H3. The fourth-order valence-electron chi connectivity index (χ4n) is 2.22. The maximum absolute atomic E-state index is 11.7. The van der Waals surface area contributed by atoms with E-state index < -0.39 is 0 Å². The molecule has 5 heteroatoms. The number of rotatable bonds is 2. The highest BCUT2D eigenvalue weighted by atomic mass is 16.2. The Morgan fingerprint density at radius 3 is 2.68 bits per heavy atom. The van der Waals surface area contributed by atoms with E-state index in [2.05, 4.69) is 16.2 Å². The molecular formula is C17H12N4O. The average molecular weight is 288 g/mol. The Balaban J connectivity index is 2.13. The van der Waals surface area contributed by atoms with Crippen LogP contribution >= 0.6 is 0 Å².